The van der Waals surface area contributed by atoms with Gasteiger partial charge < -0.3 is 4.84 Å². The summed E-state index contributed by atoms with van der Waals surface area (Å²) in [7, 11) is 0. The van der Waals surface area contributed by atoms with Gasteiger partial charge in [0.15, 0.2) is 0 Å². The summed E-state index contributed by atoms with van der Waals surface area (Å²) >= 11 is 5.88. The van der Waals surface area contributed by atoms with E-state index in [9.17, 15) is 4.79 Å². The number of carbonyl (C=O) groups excluding carboxylic acids is 1. The Morgan fingerprint density at radius 1 is 1.39 bits per heavy atom. The summed E-state index contributed by atoms with van der Waals surface area (Å²) in [6, 6.07) is 7.40. The fourth-order valence-electron chi connectivity index (χ4n) is 2.79. The molecule has 1 aromatic carbocycles. The van der Waals surface area contributed by atoms with Gasteiger partial charge in [0.05, 0.1) is 0 Å². The van der Waals surface area contributed by atoms with Crippen LogP contribution < -0.4 is 0 Å². The van der Waals surface area contributed by atoms with Gasteiger partial charge in [0.1, 0.15) is 23.0 Å². The number of halogens is 1. The molecule has 0 saturated heterocycles. The number of carbonyl (C=O) groups is 1. The molecule has 0 amide bonds. The molecule has 2 aliphatic rings. The molecular weight excluding hydrogens is 250 g/mol. The zero-order valence-electron chi connectivity index (χ0n) is 10.1. The van der Waals surface area contributed by atoms with Gasteiger partial charge in [0.25, 0.3) is 0 Å². The van der Waals surface area contributed by atoms with Crippen molar-refractivity contribution in [1.82, 2.24) is 0 Å². The number of ketones is 1. The van der Waals surface area contributed by atoms with Gasteiger partial charge >= 0.3 is 0 Å². The van der Waals surface area contributed by atoms with Gasteiger partial charge in [-0.05, 0) is 31.9 Å². The minimum absolute atomic E-state index is 0.107. The maximum atomic E-state index is 12.3. The molecule has 0 bridgehead atoms. The summed E-state index contributed by atoms with van der Waals surface area (Å²) in [5.41, 5.74) is 1.07. The maximum Gasteiger partial charge on any atom is 0.148 e. The number of rotatable bonds is 1. The number of hydrogen-bond acceptors (Lipinski definition) is 3. The van der Waals surface area contributed by atoms with Gasteiger partial charge in [0.2, 0.25) is 0 Å². The van der Waals surface area contributed by atoms with E-state index in [1.165, 1.54) is 0 Å². The van der Waals surface area contributed by atoms with Crippen molar-refractivity contribution < 1.29 is 9.63 Å². The van der Waals surface area contributed by atoms with Gasteiger partial charge in [-0.3, -0.25) is 4.79 Å². The van der Waals surface area contributed by atoms with Gasteiger partial charge in [-0.2, -0.15) is 0 Å². The smallest absolute Gasteiger partial charge is 0.148 e. The van der Waals surface area contributed by atoms with Crippen LogP contribution in [0.25, 0.3) is 0 Å². The Labute approximate surface area is 111 Å². The summed E-state index contributed by atoms with van der Waals surface area (Å²) in [4.78, 5) is 17.7. The SMILES string of the molecule is C[C@]12C(=O)CCC[C@H]1ON=C2c1ccc(Cl)cc1. The first-order valence-electron chi connectivity index (χ1n) is 6.16. The van der Waals surface area contributed by atoms with Gasteiger partial charge in [-0.1, -0.05) is 28.9 Å². The third kappa shape index (κ3) is 1.57. The Hall–Kier alpha value is -1.35. The quantitative estimate of drug-likeness (QED) is 0.780. The van der Waals surface area contributed by atoms with E-state index in [0.29, 0.717) is 11.4 Å². The Bertz CT molecular complexity index is 523. The number of fused-ring (bicyclic) bond motifs is 1. The average molecular weight is 264 g/mol. The second kappa shape index (κ2) is 4.09. The van der Waals surface area contributed by atoms with Crippen molar-refractivity contribution in [2.75, 3.05) is 0 Å². The lowest BCUT2D eigenvalue weighted by Gasteiger charge is -2.32. The van der Waals surface area contributed by atoms with Crippen LogP contribution in [0.1, 0.15) is 31.7 Å². The largest absolute Gasteiger partial charge is 0.391 e. The maximum absolute atomic E-state index is 12.3. The molecule has 3 nitrogen and oxygen atoms in total. The third-order valence-corrected chi connectivity index (χ3v) is 4.23. The molecule has 1 aliphatic carbocycles. The van der Waals surface area contributed by atoms with Crippen molar-refractivity contribution in [1.29, 1.82) is 0 Å². The van der Waals surface area contributed by atoms with Crippen molar-refractivity contribution >= 4 is 23.1 Å². The fraction of sp³-hybridized carbons (Fsp3) is 0.429. The van der Waals surface area contributed by atoms with Crippen molar-refractivity contribution in [3.05, 3.63) is 34.9 Å². The van der Waals surface area contributed by atoms with Crippen LogP contribution in [0.5, 0.6) is 0 Å². The van der Waals surface area contributed by atoms with Crippen molar-refractivity contribution in [3.8, 4) is 0 Å². The Kier molecular flexibility index (Phi) is 2.67. The normalized spacial score (nSPS) is 30.7. The van der Waals surface area contributed by atoms with Crippen LogP contribution in [0.3, 0.4) is 0 Å². The Morgan fingerprint density at radius 3 is 2.83 bits per heavy atom. The van der Waals surface area contributed by atoms with E-state index in [0.717, 1.165) is 24.1 Å². The molecule has 1 fully saturated rings. The fourth-order valence-corrected chi connectivity index (χ4v) is 2.92. The molecule has 1 heterocycles. The third-order valence-electron chi connectivity index (χ3n) is 3.97. The number of oxime groups is 1. The number of benzene rings is 1. The molecule has 1 aliphatic heterocycles. The van der Waals surface area contributed by atoms with Crippen LogP contribution >= 0.6 is 11.6 Å². The number of nitrogens with zero attached hydrogens (tertiary/aromatic N) is 1. The van der Waals surface area contributed by atoms with E-state index < -0.39 is 5.41 Å². The highest BCUT2D eigenvalue weighted by atomic mass is 35.5. The molecule has 0 spiro atoms. The minimum Gasteiger partial charge on any atom is -0.391 e. The highest BCUT2D eigenvalue weighted by Crippen LogP contribution is 2.42. The minimum atomic E-state index is -0.591. The zero-order valence-corrected chi connectivity index (χ0v) is 10.9. The summed E-state index contributed by atoms with van der Waals surface area (Å²) in [6.07, 6.45) is 2.29. The molecule has 0 radical (unpaired) electrons. The van der Waals surface area contributed by atoms with Gasteiger partial charge in [0, 0.05) is 17.0 Å². The molecule has 0 unspecified atom stereocenters. The van der Waals surface area contributed by atoms with Crippen LogP contribution in [-0.2, 0) is 9.63 Å². The summed E-state index contributed by atoms with van der Waals surface area (Å²) in [5.74, 6) is 0.227. The number of Topliss-reactive ketones (excluding diaryl/α,β-unsaturated/α-hetero) is 1. The molecule has 4 heteroatoms. The van der Waals surface area contributed by atoms with E-state index in [2.05, 4.69) is 5.16 Å². The van der Waals surface area contributed by atoms with Gasteiger partial charge in [-0.25, -0.2) is 0 Å². The van der Waals surface area contributed by atoms with Crippen molar-refractivity contribution in [3.63, 3.8) is 0 Å². The lowest BCUT2D eigenvalue weighted by Crippen LogP contribution is -2.46. The topological polar surface area (TPSA) is 38.7 Å². The first-order chi connectivity index (χ1) is 8.62. The van der Waals surface area contributed by atoms with Crippen LogP contribution in [0.15, 0.2) is 29.4 Å². The summed E-state index contributed by atoms with van der Waals surface area (Å²) in [5, 5.41) is 4.83. The van der Waals surface area contributed by atoms with E-state index in [4.69, 9.17) is 16.4 Å². The summed E-state index contributed by atoms with van der Waals surface area (Å²) < 4.78 is 0. The van der Waals surface area contributed by atoms with Crippen LogP contribution in [-0.4, -0.2) is 17.6 Å². The van der Waals surface area contributed by atoms with Crippen molar-refractivity contribution in [2.24, 2.45) is 10.6 Å². The molecule has 18 heavy (non-hydrogen) atoms. The molecular formula is C14H14ClNO2. The Morgan fingerprint density at radius 2 is 2.11 bits per heavy atom. The molecule has 94 valence electrons. The second-order valence-electron chi connectivity index (χ2n) is 5.06. The predicted octanol–water partition coefficient (Wildman–Crippen LogP) is 3.20. The highest BCUT2D eigenvalue weighted by molar-refractivity contribution is 6.30. The first kappa shape index (κ1) is 11.7. The molecule has 1 saturated carbocycles. The summed E-state index contributed by atoms with van der Waals surface area (Å²) in [6.45, 7) is 1.94. The molecule has 3 rings (SSSR count). The van der Waals surface area contributed by atoms with E-state index >= 15 is 0 Å². The average Bonchev–Trinajstić information content (AvgIpc) is 2.70. The second-order valence-corrected chi connectivity index (χ2v) is 5.50. The van der Waals surface area contributed by atoms with Crippen molar-refractivity contribution in [2.45, 2.75) is 32.3 Å². The van der Waals surface area contributed by atoms with Crippen LogP contribution in [0.4, 0.5) is 0 Å². The van der Waals surface area contributed by atoms with E-state index in [1.807, 2.05) is 31.2 Å². The molecule has 1 aromatic rings. The standard InChI is InChI=1S/C14H14ClNO2/c1-14-11(17)3-2-4-12(14)18-16-13(14)9-5-7-10(15)8-6-9/h5-8,12H,2-4H2,1H3/t12-,14+/m1/s1. The number of hydrogen-bond donors (Lipinski definition) is 0. The molecule has 2 atom stereocenters. The zero-order chi connectivity index (χ0) is 12.8. The Balaban J connectivity index is 2.02. The van der Waals surface area contributed by atoms with E-state index in [-0.39, 0.29) is 11.9 Å². The first-order valence-corrected chi connectivity index (χ1v) is 6.53. The van der Waals surface area contributed by atoms with Gasteiger partial charge in [-0.15, -0.1) is 0 Å². The lowest BCUT2D eigenvalue weighted by molar-refractivity contribution is -0.132. The lowest BCUT2D eigenvalue weighted by atomic mass is 9.68. The molecule has 0 N–H and O–H groups in total. The van der Waals surface area contributed by atoms with Crippen LogP contribution in [0, 0.1) is 5.41 Å². The predicted molar refractivity (Wildman–Crippen MR) is 69.8 cm³/mol. The molecule has 0 aromatic heterocycles. The van der Waals surface area contributed by atoms with Crippen LogP contribution in [0.2, 0.25) is 5.02 Å². The monoisotopic (exact) mass is 263 g/mol. The highest BCUT2D eigenvalue weighted by Gasteiger charge is 2.53. The van der Waals surface area contributed by atoms with E-state index in [1.54, 1.807) is 0 Å².